The molecule has 0 aliphatic heterocycles. The van der Waals surface area contributed by atoms with Gasteiger partial charge in [0.1, 0.15) is 0 Å². The van der Waals surface area contributed by atoms with Gasteiger partial charge in [-0.15, -0.1) is 0 Å². The van der Waals surface area contributed by atoms with E-state index in [0.717, 1.165) is 0 Å². The second-order valence-corrected chi connectivity index (χ2v) is 12.7. The quantitative estimate of drug-likeness (QED) is 0.411. The lowest BCUT2D eigenvalue weighted by molar-refractivity contribution is 0.636. The van der Waals surface area contributed by atoms with Crippen LogP contribution < -0.4 is 0 Å². The molecule has 0 rings (SSSR count). The van der Waals surface area contributed by atoms with Crippen LogP contribution in [0.2, 0.25) is 0 Å². The monoisotopic (exact) mass is 213 g/mol. The standard InChI is InChI=1S/C12H27BP/c1-10(2,3)14(13,11(4,5)6)12(7,8)9/h1-9H3. The maximum Gasteiger partial charge on any atom is 0.0252 e. The summed E-state index contributed by atoms with van der Waals surface area (Å²) in [5.74, 6) is 0. The first-order chi connectivity index (χ1) is 5.75. The van der Waals surface area contributed by atoms with Gasteiger partial charge < -0.3 is 7.57 Å². The van der Waals surface area contributed by atoms with Gasteiger partial charge in [-0.2, -0.15) is 0 Å². The Kier molecular flexibility index (Phi) is 3.64. The van der Waals surface area contributed by atoms with Crippen molar-refractivity contribution in [1.82, 2.24) is 0 Å². The molecule has 0 nitrogen and oxygen atoms in total. The second-order valence-electron chi connectivity index (χ2n) is 7.24. The largest absolute Gasteiger partial charge is 0.304 e. The van der Waals surface area contributed by atoms with Crippen molar-refractivity contribution in [1.29, 1.82) is 0 Å². The maximum atomic E-state index is 6.84. The van der Waals surface area contributed by atoms with Crippen molar-refractivity contribution < 1.29 is 0 Å². The fourth-order valence-corrected chi connectivity index (χ4v) is 9.06. The minimum atomic E-state index is -1.52. The molecule has 0 saturated carbocycles. The minimum Gasteiger partial charge on any atom is -0.304 e. The molecule has 0 bridgehead atoms. The Morgan fingerprint density at radius 2 is 0.714 bits per heavy atom. The van der Waals surface area contributed by atoms with Crippen molar-refractivity contribution >= 4 is 14.7 Å². The smallest absolute Gasteiger partial charge is 0.0252 e. The van der Waals surface area contributed by atoms with E-state index in [4.69, 9.17) is 7.57 Å². The highest BCUT2D eigenvalue weighted by Crippen LogP contribution is 2.80. The van der Waals surface area contributed by atoms with E-state index in [1.807, 2.05) is 0 Å². The van der Waals surface area contributed by atoms with E-state index in [1.165, 1.54) is 0 Å². The molecule has 0 N–H and O–H groups in total. The number of hydrogen-bond donors (Lipinski definition) is 0. The van der Waals surface area contributed by atoms with Gasteiger partial charge in [0.05, 0.1) is 0 Å². The molecule has 0 saturated heterocycles. The lowest BCUT2D eigenvalue weighted by atomic mass is 10.2. The highest BCUT2D eigenvalue weighted by Gasteiger charge is 2.49. The van der Waals surface area contributed by atoms with Gasteiger partial charge in [-0.25, -0.2) is 7.14 Å². The summed E-state index contributed by atoms with van der Waals surface area (Å²) >= 11 is 0. The second kappa shape index (κ2) is 3.51. The number of hydrogen-bond acceptors (Lipinski definition) is 0. The Balaban J connectivity index is 5.54. The van der Waals surface area contributed by atoms with Crippen LogP contribution in [0, 0.1) is 0 Å². The predicted molar refractivity (Wildman–Crippen MR) is 71.9 cm³/mol. The van der Waals surface area contributed by atoms with Crippen LogP contribution in [0.25, 0.3) is 0 Å². The normalized spacial score (nSPS) is 15.9. The first-order valence-electron chi connectivity index (χ1n) is 5.43. The molecule has 0 unspecified atom stereocenters. The third-order valence-corrected chi connectivity index (χ3v) is 9.52. The SMILES string of the molecule is [B-][P+](C(C)(C)C)(C(C)(C)C)C(C)(C)C. The predicted octanol–water partition coefficient (Wildman–Crippen LogP) is 4.48. The van der Waals surface area contributed by atoms with Gasteiger partial charge in [0.25, 0.3) is 0 Å². The topological polar surface area (TPSA) is 0 Å². The summed E-state index contributed by atoms with van der Waals surface area (Å²) in [5, 5.41) is 0.635. The zero-order valence-corrected chi connectivity index (χ0v) is 12.4. The van der Waals surface area contributed by atoms with Gasteiger partial charge in [0.2, 0.25) is 0 Å². The molecule has 14 heavy (non-hydrogen) atoms. The summed E-state index contributed by atoms with van der Waals surface area (Å²) in [6.45, 7) is 20.6. The molecule has 0 aromatic carbocycles. The molecular weight excluding hydrogens is 186 g/mol. The zero-order valence-electron chi connectivity index (χ0n) is 11.5. The third kappa shape index (κ3) is 2.18. The van der Waals surface area contributed by atoms with Crippen molar-refractivity contribution in [3.8, 4) is 0 Å². The lowest BCUT2D eigenvalue weighted by Crippen LogP contribution is -2.43. The van der Waals surface area contributed by atoms with Crippen LogP contribution in [-0.2, 0) is 0 Å². The van der Waals surface area contributed by atoms with Crippen LogP contribution in [0.3, 0.4) is 0 Å². The fourth-order valence-electron chi connectivity index (χ4n) is 3.02. The third-order valence-electron chi connectivity index (χ3n) is 3.17. The van der Waals surface area contributed by atoms with Crippen LogP contribution >= 0.6 is 7.14 Å². The molecule has 0 spiro atoms. The molecule has 2 heteroatoms. The fraction of sp³-hybridized carbons (Fsp3) is 1.00. The Labute approximate surface area is 92.9 Å². The zero-order chi connectivity index (χ0) is 12.0. The van der Waals surface area contributed by atoms with E-state index in [0.29, 0.717) is 0 Å². The molecule has 0 atom stereocenters. The summed E-state index contributed by atoms with van der Waals surface area (Å²) in [7, 11) is 5.32. The molecule has 0 aliphatic rings. The summed E-state index contributed by atoms with van der Waals surface area (Å²) < 4.78 is 0. The van der Waals surface area contributed by atoms with Gasteiger partial charge in [-0.1, -0.05) is 0 Å². The van der Waals surface area contributed by atoms with Crippen LogP contribution in [0.1, 0.15) is 62.3 Å². The van der Waals surface area contributed by atoms with Crippen LogP contribution in [0.15, 0.2) is 0 Å². The molecule has 0 aromatic heterocycles. The van der Waals surface area contributed by atoms with Crippen molar-refractivity contribution in [2.45, 2.75) is 77.8 Å². The Bertz CT molecular complexity index is 164. The molecule has 3 radical (unpaired) electrons. The van der Waals surface area contributed by atoms with Crippen LogP contribution in [0.5, 0.6) is 0 Å². The van der Waals surface area contributed by atoms with Gasteiger partial charge in [0, 0.05) is 15.5 Å². The summed E-state index contributed by atoms with van der Waals surface area (Å²) in [6.07, 6.45) is 0. The van der Waals surface area contributed by atoms with Crippen molar-refractivity contribution in [2.24, 2.45) is 0 Å². The Morgan fingerprint density at radius 1 is 0.571 bits per heavy atom. The highest BCUT2D eigenvalue weighted by molar-refractivity contribution is 8.00. The first-order valence-corrected chi connectivity index (χ1v) is 7.29. The molecule has 0 fully saturated rings. The van der Waals surface area contributed by atoms with Crippen molar-refractivity contribution in [3.63, 3.8) is 0 Å². The van der Waals surface area contributed by atoms with Gasteiger partial charge in [-0.3, -0.25) is 0 Å². The first kappa shape index (κ1) is 14.5. The number of rotatable bonds is 0. The average molecular weight is 213 g/mol. The molecule has 0 aliphatic carbocycles. The van der Waals surface area contributed by atoms with Gasteiger partial charge >= 0.3 is 0 Å². The molecule has 0 amide bonds. The summed E-state index contributed by atoms with van der Waals surface area (Å²) in [6, 6.07) is 0. The van der Waals surface area contributed by atoms with Crippen LogP contribution in [0.4, 0.5) is 0 Å². The molecule has 83 valence electrons. The van der Waals surface area contributed by atoms with E-state index in [9.17, 15) is 0 Å². The minimum absolute atomic E-state index is 0.212. The summed E-state index contributed by atoms with van der Waals surface area (Å²) in [5.41, 5.74) is 0. The van der Waals surface area contributed by atoms with Gasteiger partial charge in [0.15, 0.2) is 0 Å². The lowest BCUT2D eigenvalue weighted by Gasteiger charge is -2.64. The molecular formula is C12H27BP. The average Bonchev–Trinajstić information content (AvgIpc) is 1.77. The van der Waals surface area contributed by atoms with E-state index in [1.54, 1.807) is 0 Å². The molecule has 0 heterocycles. The Morgan fingerprint density at radius 3 is 0.714 bits per heavy atom. The van der Waals surface area contributed by atoms with E-state index < -0.39 is 7.14 Å². The van der Waals surface area contributed by atoms with E-state index in [-0.39, 0.29) is 15.5 Å². The highest BCUT2D eigenvalue weighted by atomic mass is 31.2. The van der Waals surface area contributed by atoms with E-state index >= 15 is 0 Å². The Hall–Kier alpha value is 0.495. The molecule has 0 aromatic rings. The van der Waals surface area contributed by atoms with Gasteiger partial charge in [-0.05, 0) is 62.3 Å². The summed E-state index contributed by atoms with van der Waals surface area (Å²) in [4.78, 5) is 0. The van der Waals surface area contributed by atoms with Crippen LogP contribution in [-0.4, -0.2) is 23.0 Å². The van der Waals surface area contributed by atoms with Crippen molar-refractivity contribution in [3.05, 3.63) is 0 Å². The van der Waals surface area contributed by atoms with Crippen molar-refractivity contribution in [2.75, 3.05) is 0 Å². The van der Waals surface area contributed by atoms with E-state index in [2.05, 4.69) is 62.3 Å². The maximum absolute atomic E-state index is 6.84.